The van der Waals surface area contributed by atoms with Crippen LogP contribution >= 0.6 is 0 Å². The van der Waals surface area contributed by atoms with E-state index < -0.39 is 11.9 Å². The number of hydrogen-bond donors (Lipinski definition) is 2. The summed E-state index contributed by atoms with van der Waals surface area (Å²) in [5.41, 5.74) is 0. The Morgan fingerprint density at radius 1 is 1.53 bits per heavy atom. The third-order valence-electron chi connectivity index (χ3n) is 3.50. The third kappa shape index (κ3) is 2.09. The van der Waals surface area contributed by atoms with Crippen LogP contribution in [0.3, 0.4) is 0 Å². The minimum atomic E-state index is -0.811. The average Bonchev–Trinajstić information content (AvgIpc) is 3.07. The Hall–Kier alpha value is -2.25. The highest BCUT2D eigenvalue weighted by Crippen LogP contribution is 2.42. The Bertz CT molecular complexity index is 579. The number of rotatable bonds is 3. The van der Waals surface area contributed by atoms with Gasteiger partial charge in [-0.2, -0.15) is 10.1 Å². The molecule has 0 aliphatic heterocycles. The first-order valence-corrected chi connectivity index (χ1v) is 6.07. The molecule has 8 heteroatoms. The Balaban J connectivity index is 1.88. The fourth-order valence-corrected chi connectivity index (χ4v) is 2.63. The molecule has 100 valence electrons. The van der Waals surface area contributed by atoms with Crippen LogP contribution in [-0.2, 0) is 4.79 Å². The van der Waals surface area contributed by atoms with Gasteiger partial charge in [0.15, 0.2) is 5.82 Å². The fraction of sp³-hybridized carbons (Fsp3) is 0.545. The van der Waals surface area contributed by atoms with E-state index in [0.717, 1.165) is 6.42 Å². The summed E-state index contributed by atoms with van der Waals surface area (Å²) in [6.07, 6.45) is 2.73. The highest BCUT2D eigenvalue weighted by atomic mass is 16.5. The lowest BCUT2D eigenvalue weighted by atomic mass is 9.96. The molecule has 1 saturated carbocycles. The lowest BCUT2D eigenvalue weighted by Gasteiger charge is -2.09. The summed E-state index contributed by atoms with van der Waals surface area (Å²) in [7, 11) is 0. The molecule has 0 amide bonds. The molecule has 1 fully saturated rings. The quantitative estimate of drug-likeness (QED) is 0.850. The predicted octanol–water partition coefficient (Wildman–Crippen LogP) is 1.07. The lowest BCUT2D eigenvalue weighted by molar-refractivity contribution is -0.142. The summed E-state index contributed by atoms with van der Waals surface area (Å²) >= 11 is 0. The van der Waals surface area contributed by atoms with Gasteiger partial charge >= 0.3 is 5.97 Å². The number of H-pyrrole nitrogens is 1. The first-order chi connectivity index (χ1) is 9.15. The van der Waals surface area contributed by atoms with E-state index in [9.17, 15) is 9.90 Å². The molecular weight excluding hydrogens is 250 g/mol. The molecule has 0 radical (unpaired) electrons. The molecule has 19 heavy (non-hydrogen) atoms. The molecule has 1 aliphatic carbocycles. The van der Waals surface area contributed by atoms with E-state index in [-0.39, 0.29) is 5.92 Å². The zero-order valence-electron chi connectivity index (χ0n) is 10.3. The van der Waals surface area contributed by atoms with Gasteiger partial charge in [0.2, 0.25) is 11.7 Å². The highest BCUT2D eigenvalue weighted by molar-refractivity contribution is 5.71. The van der Waals surface area contributed by atoms with Crippen molar-refractivity contribution in [1.29, 1.82) is 0 Å². The molecule has 2 heterocycles. The van der Waals surface area contributed by atoms with E-state index in [1.807, 2.05) is 6.92 Å². The van der Waals surface area contributed by atoms with Gasteiger partial charge in [-0.05, 0) is 18.8 Å². The van der Waals surface area contributed by atoms with Crippen molar-refractivity contribution in [3.05, 3.63) is 12.2 Å². The van der Waals surface area contributed by atoms with Crippen LogP contribution in [0.4, 0.5) is 0 Å². The number of aromatic nitrogens is 5. The van der Waals surface area contributed by atoms with Gasteiger partial charge in [0.1, 0.15) is 6.33 Å². The minimum Gasteiger partial charge on any atom is -0.481 e. The maximum absolute atomic E-state index is 11.2. The zero-order valence-corrected chi connectivity index (χ0v) is 10.3. The monoisotopic (exact) mass is 263 g/mol. The van der Waals surface area contributed by atoms with Gasteiger partial charge in [-0.25, -0.2) is 4.98 Å². The number of carboxylic acid groups (broad SMARTS) is 1. The van der Waals surface area contributed by atoms with Crippen molar-refractivity contribution >= 4 is 5.97 Å². The number of carbonyl (C=O) groups is 1. The van der Waals surface area contributed by atoms with Gasteiger partial charge in [-0.1, -0.05) is 12.1 Å². The topological polar surface area (TPSA) is 118 Å². The van der Waals surface area contributed by atoms with Crippen LogP contribution in [0, 0.1) is 11.8 Å². The number of carboxylic acids is 1. The van der Waals surface area contributed by atoms with E-state index in [0.29, 0.717) is 29.9 Å². The van der Waals surface area contributed by atoms with Crippen LogP contribution in [-0.4, -0.2) is 36.4 Å². The molecule has 2 aromatic rings. The van der Waals surface area contributed by atoms with Crippen molar-refractivity contribution in [2.24, 2.45) is 11.8 Å². The summed E-state index contributed by atoms with van der Waals surface area (Å²) in [6.45, 7) is 2.03. The standard InChI is InChI=1S/C11H13N5O3/c1-5-2-6(7(3-5)11(17)18)10-14-9(16-19-10)8-12-4-13-15-8/h4-7H,2-3H2,1H3,(H,17,18)(H,12,13,15). The number of nitrogens with zero attached hydrogens (tertiary/aromatic N) is 4. The third-order valence-corrected chi connectivity index (χ3v) is 3.50. The maximum atomic E-state index is 11.2. The molecule has 2 aromatic heterocycles. The fourth-order valence-electron chi connectivity index (χ4n) is 2.63. The van der Waals surface area contributed by atoms with Gasteiger partial charge in [0, 0.05) is 0 Å². The van der Waals surface area contributed by atoms with Crippen LogP contribution in [0.1, 0.15) is 31.6 Å². The van der Waals surface area contributed by atoms with E-state index in [4.69, 9.17) is 4.52 Å². The van der Waals surface area contributed by atoms with Crippen LogP contribution < -0.4 is 0 Å². The summed E-state index contributed by atoms with van der Waals surface area (Å²) in [5, 5.41) is 19.4. The molecule has 3 rings (SSSR count). The summed E-state index contributed by atoms with van der Waals surface area (Å²) < 4.78 is 5.19. The number of aromatic amines is 1. The molecule has 3 unspecified atom stereocenters. The maximum Gasteiger partial charge on any atom is 0.307 e. The molecular formula is C11H13N5O3. The van der Waals surface area contributed by atoms with Crippen molar-refractivity contribution in [2.45, 2.75) is 25.7 Å². The van der Waals surface area contributed by atoms with Crippen LogP contribution in [0.5, 0.6) is 0 Å². The minimum absolute atomic E-state index is 0.225. The van der Waals surface area contributed by atoms with Crippen LogP contribution in [0.2, 0.25) is 0 Å². The second-order valence-corrected chi connectivity index (χ2v) is 4.92. The van der Waals surface area contributed by atoms with Crippen molar-refractivity contribution < 1.29 is 14.4 Å². The smallest absolute Gasteiger partial charge is 0.307 e. The molecule has 0 aromatic carbocycles. The van der Waals surface area contributed by atoms with Gasteiger partial charge in [0.05, 0.1) is 11.8 Å². The zero-order chi connectivity index (χ0) is 13.4. The number of hydrogen-bond acceptors (Lipinski definition) is 6. The lowest BCUT2D eigenvalue weighted by Crippen LogP contribution is -2.17. The normalized spacial score (nSPS) is 26.7. The molecule has 3 atom stereocenters. The summed E-state index contributed by atoms with van der Waals surface area (Å²) in [5.74, 6) is -0.0811. The molecule has 8 nitrogen and oxygen atoms in total. The van der Waals surface area contributed by atoms with E-state index in [1.54, 1.807) is 0 Å². The van der Waals surface area contributed by atoms with Gasteiger partial charge < -0.3 is 9.63 Å². The Kier molecular flexibility index (Phi) is 2.77. The molecule has 0 bridgehead atoms. The van der Waals surface area contributed by atoms with Gasteiger partial charge in [0.25, 0.3) is 0 Å². The van der Waals surface area contributed by atoms with Crippen LogP contribution in [0.15, 0.2) is 10.9 Å². The molecule has 2 N–H and O–H groups in total. The average molecular weight is 263 g/mol. The largest absolute Gasteiger partial charge is 0.481 e. The summed E-state index contributed by atoms with van der Waals surface area (Å²) in [6, 6.07) is 0. The van der Waals surface area contributed by atoms with Gasteiger partial charge in [-0.15, -0.1) is 0 Å². The van der Waals surface area contributed by atoms with Crippen molar-refractivity contribution in [3.8, 4) is 11.6 Å². The Morgan fingerprint density at radius 3 is 3.05 bits per heavy atom. The number of nitrogens with one attached hydrogen (secondary N) is 1. The first kappa shape index (κ1) is 11.8. The first-order valence-electron chi connectivity index (χ1n) is 6.07. The molecule has 1 aliphatic rings. The Morgan fingerprint density at radius 2 is 2.37 bits per heavy atom. The van der Waals surface area contributed by atoms with Gasteiger partial charge in [-0.3, -0.25) is 9.89 Å². The van der Waals surface area contributed by atoms with Crippen molar-refractivity contribution in [1.82, 2.24) is 25.3 Å². The molecule has 0 spiro atoms. The van der Waals surface area contributed by atoms with Crippen molar-refractivity contribution in [3.63, 3.8) is 0 Å². The highest BCUT2D eigenvalue weighted by Gasteiger charge is 2.41. The number of aliphatic carboxylic acids is 1. The van der Waals surface area contributed by atoms with Crippen LogP contribution in [0.25, 0.3) is 11.6 Å². The van der Waals surface area contributed by atoms with E-state index in [2.05, 4.69) is 25.3 Å². The predicted molar refractivity (Wildman–Crippen MR) is 61.9 cm³/mol. The van der Waals surface area contributed by atoms with E-state index in [1.165, 1.54) is 6.33 Å². The van der Waals surface area contributed by atoms with Crippen molar-refractivity contribution in [2.75, 3.05) is 0 Å². The van der Waals surface area contributed by atoms with E-state index >= 15 is 0 Å². The Labute approximate surface area is 108 Å². The molecule has 0 saturated heterocycles. The summed E-state index contributed by atoms with van der Waals surface area (Å²) in [4.78, 5) is 19.4. The second kappa shape index (κ2) is 4.45. The second-order valence-electron chi connectivity index (χ2n) is 4.92. The SMILES string of the molecule is CC1CC(C(=O)O)C(c2nc(-c3ncn[nH]3)no2)C1.